The zero-order valence-electron chi connectivity index (χ0n) is 9.10. The van der Waals surface area contributed by atoms with Gasteiger partial charge in [-0.3, -0.25) is 4.79 Å². The number of hydrogen-bond donors (Lipinski definition) is 0. The zero-order chi connectivity index (χ0) is 10.6. The smallest absolute Gasteiger partial charge is 0.168 e. The van der Waals surface area contributed by atoms with Gasteiger partial charge in [-0.15, -0.1) is 0 Å². The van der Waals surface area contributed by atoms with Gasteiger partial charge in [0.15, 0.2) is 11.6 Å². The van der Waals surface area contributed by atoms with Crippen LogP contribution in [0.4, 0.5) is 0 Å². The van der Waals surface area contributed by atoms with Crippen molar-refractivity contribution in [3.8, 4) is 0 Å². The molecule has 1 saturated heterocycles. The van der Waals surface area contributed by atoms with Gasteiger partial charge in [0.05, 0.1) is 0 Å². The summed E-state index contributed by atoms with van der Waals surface area (Å²) >= 11 is 0. The van der Waals surface area contributed by atoms with E-state index in [9.17, 15) is 4.79 Å². The summed E-state index contributed by atoms with van der Waals surface area (Å²) in [7, 11) is 0. The fraction of sp³-hybridized carbons (Fsp3) is 0.750. The quantitative estimate of drug-likeness (QED) is 0.568. The van der Waals surface area contributed by atoms with E-state index < -0.39 is 5.79 Å². The number of allylic oxidation sites excluding steroid dienone is 1. The molecular weight excluding hydrogens is 192 g/mol. The Labute approximate surface area is 89.4 Å². The van der Waals surface area contributed by atoms with Crippen molar-refractivity contribution in [2.45, 2.75) is 44.7 Å². The molecule has 2 aliphatic carbocycles. The predicted octanol–water partition coefficient (Wildman–Crippen LogP) is 1.67. The normalized spacial score (nSPS) is 46.7. The highest BCUT2D eigenvalue weighted by Crippen LogP contribution is 2.46. The van der Waals surface area contributed by atoms with Crippen molar-refractivity contribution in [1.82, 2.24) is 0 Å². The van der Waals surface area contributed by atoms with Gasteiger partial charge in [0.25, 0.3) is 0 Å². The third-order valence-corrected chi connectivity index (χ3v) is 3.62. The number of carbonyl (C=O) groups is 1. The van der Waals surface area contributed by atoms with E-state index in [1.807, 2.05) is 13.8 Å². The van der Waals surface area contributed by atoms with Crippen LogP contribution in [0, 0.1) is 11.8 Å². The van der Waals surface area contributed by atoms with Gasteiger partial charge in [0, 0.05) is 11.8 Å². The molecule has 0 N–H and O–H groups in total. The van der Waals surface area contributed by atoms with Gasteiger partial charge < -0.3 is 9.47 Å². The van der Waals surface area contributed by atoms with Gasteiger partial charge in [-0.05, 0) is 26.7 Å². The summed E-state index contributed by atoms with van der Waals surface area (Å²) in [6.45, 7) is 3.75. The number of hydrogen-bond acceptors (Lipinski definition) is 3. The van der Waals surface area contributed by atoms with Crippen LogP contribution in [0.2, 0.25) is 0 Å². The van der Waals surface area contributed by atoms with Crippen LogP contribution in [0.15, 0.2) is 12.2 Å². The predicted molar refractivity (Wildman–Crippen MR) is 54.2 cm³/mol. The molecule has 1 heterocycles. The molecule has 0 radical (unpaired) electrons. The largest absolute Gasteiger partial charge is 0.343 e. The summed E-state index contributed by atoms with van der Waals surface area (Å²) in [5.74, 6) is 0.0420. The monoisotopic (exact) mass is 208 g/mol. The summed E-state index contributed by atoms with van der Waals surface area (Å²) in [5, 5.41) is 0. The van der Waals surface area contributed by atoms with E-state index in [4.69, 9.17) is 9.47 Å². The maximum atomic E-state index is 12.1. The molecule has 1 saturated carbocycles. The third-order valence-electron chi connectivity index (χ3n) is 3.62. The molecule has 3 aliphatic rings. The van der Waals surface area contributed by atoms with Crippen molar-refractivity contribution in [1.29, 1.82) is 0 Å². The van der Waals surface area contributed by atoms with E-state index in [1.165, 1.54) is 0 Å². The number of carbonyl (C=O) groups excluding carboxylic acids is 1. The lowest BCUT2D eigenvalue weighted by Gasteiger charge is -2.25. The maximum absolute atomic E-state index is 12.1. The summed E-state index contributed by atoms with van der Waals surface area (Å²) in [6, 6.07) is 0. The number of fused-ring (bicyclic) bond motifs is 3. The van der Waals surface area contributed by atoms with Crippen LogP contribution < -0.4 is 0 Å². The number of ether oxygens (including phenoxy) is 2. The minimum Gasteiger partial charge on any atom is -0.343 e. The van der Waals surface area contributed by atoms with Crippen LogP contribution in [0.3, 0.4) is 0 Å². The highest BCUT2D eigenvalue weighted by Gasteiger charge is 2.57. The maximum Gasteiger partial charge on any atom is 0.168 e. The molecule has 0 aromatic heterocycles. The number of Topliss-reactive ketones (excluding diaryl/α,β-unsaturated/α-hetero) is 1. The summed E-state index contributed by atoms with van der Waals surface area (Å²) in [6.07, 6.45) is 5.90. The highest BCUT2D eigenvalue weighted by atomic mass is 16.8. The van der Waals surface area contributed by atoms with Crippen LogP contribution in [0.25, 0.3) is 0 Å². The molecule has 0 bridgehead atoms. The van der Waals surface area contributed by atoms with E-state index in [0.717, 1.165) is 12.8 Å². The Morgan fingerprint density at radius 3 is 3.00 bits per heavy atom. The summed E-state index contributed by atoms with van der Waals surface area (Å²) in [4.78, 5) is 12.1. The Hall–Kier alpha value is -0.670. The number of ketones is 1. The Balaban J connectivity index is 1.93. The molecule has 82 valence electrons. The second kappa shape index (κ2) is 2.92. The Kier molecular flexibility index (Phi) is 1.86. The molecule has 3 nitrogen and oxygen atoms in total. The van der Waals surface area contributed by atoms with Crippen molar-refractivity contribution in [2.75, 3.05) is 0 Å². The molecule has 0 spiro atoms. The van der Waals surface area contributed by atoms with E-state index in [0.29, 0.717) is 0 Å². The van der Waals surface area contributed by atoms with Gasteiger partial charge >= 0.3 is 0 Å². The molecular formula is C12H16O3. The molecule has 4 atom stereocenters. The molecule has 0 aromatic rings. The van der Waals surface area contributed by atoms with Gasteiger partial charge in [0.2, 0.25) is 0 Å². The van der Waals surface area contributed by atoms with Crippen molar-refractivity contribution < 1.29 is 14.3 Å². The molecule has 3 heteroatoms. The van der Waals surface area contributed by atoms with Gasteiger partial charge in [-0.25, -0.2) is 0 Å². The Bertz CT molecular complexity index is 332. The first-order valence-electron chi connectivity index (χ1n) is 5.64. The average Bonchev–Trinajstić information content (AvgIpc) is 2.63. The van der Waals surface area contributed by atoms with Crippen molar-refractivity contribution in [2.24, 2.45) is 11.8 Å². The van der Waals surface area contributed by atoms with Crippen molar-refractivity contribution >= 4 is 5.78 Å². The van der Waals surface area contributed by atoms with E-state index in [2.05, 4.69) is 12.2 Å². The topological polar surface area (TPSA) is 35.5 Å². The van der Waals surface area contributed by atoms with Crippen LogP contribution in [0.5, 0.6) is 0 Å². The highest BCUT2D eigenvalue weighted by molar-refractivity contribution is 5.90. The minimum atomic E-state index is -0.596. The van der Waals surface area contributed by atoms with Crippen LogP contribution >= 0.6 is 0 Å². The minimum absolute atomic E-state index is 0.0472. The first kappa shape index (κ1) is 9.55. The lowest BCUT2D eigenvalue weighted by atomic mass is 9.85. The SMILES string of the molecule is CC1(C)O[C@@H]2[C@H]3C=CCC[C@H]3C(=O)[C@@H]2O1. The Morgan fingerprint density at radius 2 is 2.20 bits per heavy atom. The molecule has 2 fully saturated rings. The first-order chi connectivity index (χ1) is 7.08. The Morgan fingerprint density at radius 1 is 1.40 bits per heavy atom. The van der Waals surface area contributed by atoms with Gasteiger partial charge in [-0.2, -0.15) is 0 Å². The fourth-order valence-electron chi connectivity index (χ4n) is 3.03. The first-order valence-corrected chi connectivity index (χ1v) is 5.64. The van der Waals surface area contributed by atoms with Crippen molar-refractivity contribution in [3.05, 3.63) is 12.2 Å². The van der Waals surface area contributed by atoms with E-state index in [1.54, 1.807) is 0 Å². The third kappa shape index (κ3) is 1.30. The molecule has 1 aliphatic heterocycles. The van der Waals surface area contributed by atoms with Crippen LogP contribution in [-0.2, 0) is 14.3 Å². The van der Waals surface area contributed by atoms with Crippen LogP contribution in [-0.4, -0.2) is 23.8 Å². The molecule has 0 amide bonds. The second-order valence-corrected chi connectivity index (χ2v) is 5.11. The molecule has 0 unspecified atom stereocenters. The number of rotatable bonds is 0. The van der Waals surface area contributed by atoms with Gasteiger partial charge in [-0.1, -0.05) is 12.2 Å². The molecule has 0 aromatic carbocycles. The lowest BCUT2D eigenvalue weighted by Crippen LogP contribution is -2.29. The van der Waals surface area contributed by atoms with Crippen LogP contribution in [0.1, 0.15) is 26.7 Å². The molecule has 3 rings (SSSR count). The second-order valence-electron chi connectivity index (χ2n) is 5.11. The van der Waals surface area contributed by atoms with Crippen molar-refractivity contribution in [3.63, 3.8) is 0 Å². The van der Waals surface area contributed by atoms with Gasteiger partial charge in [0.1, 0.15) is 12.2 Å². The zero-order valence-corrected chi connectivity index (χ0v) is 9.10. The summed E-state index contributed by atoms with van der Waals surface area (Å²) in [5.41, 5.74) is 0. The lowest BCUT2D eigenvalue weighted by molar-refractivity contribution is -0.166. The summed E-state index contributed by atoms with van der Waals surface area (Å²) < 4.78 is 11.5. The molecule has 15 heavy (non-hydrogen) atoms. The van der Waals surface area contributed by atoms with E-state index >= 15 is 0 Å². The standard InChI is InChI=1S/C12H16O3/c1-12(2)14-10-8-6-4-3-5-7(8)9(13)11(10)15-12/h4,6-8,10-11H,3,5H2,1-2H3/t7-,8+,10-,11+/m1/s1. The van der Waals surface area contributed by atoms with E-state index in [-0.39, 0.29) is 29.8 Å². The average molecular weight is 208 g/mol. The fourth-order valence-corrected chi connectivity index (χ4v) is 3.03.